The van der Waals surface area contributed by atoms with Crippen LogP contribution in [-0.2, 0) is 23.7 Å². The highest BCUT2D eigenvalue weighted by molar-refractivity contribution is 9.09. The number of alkyl halides is 2. The van der Waals surface area contributed by atoms with Crippen molar-refractivity contribution in [3.05, 3.63) is 57.6 Å². The number of nitrogens with zero attached hydrogens (tertiary/aromatic N) is 2. The van der Waals surface area contributed by atoms with E-state index in [-0.39, 0.29) is 22.9 Å². The smallest absolute Gasteiger partial charge is 0.128 e. The van der Waals surface area contributed by atoms with Gasteiger partial charge >= 0.3 is 0 Å². The Bertz CT molecular complexity index is 1160. The first kappa shape index (κ1) is 36.8. The van der Waals surface area contributed by atoms with Crippen LogP contribution in [-0.4, -0.2) is 45.4 Å². The van der Waals surface area contributed by atoms with E-state index in [0.717, 1.165) is 84.3 Å². The summed E-state index contributed by atoms with van der Waals surface area (Å²) in [4.78, 5) is 10.1. The molecular formula is C38H56Br2N2O2. The minimum absolute atomic E-state index is 0.0525. The molecule has 2 aromatic carbocycles. The summed E-state index contributed by atoms with van der Waals surface area (Å²) < 4.78 is 0. The van der Waals surface area contributed by atoms with Crippen molar-refractivity contribution < 1.29 is 10.2 Å². The van der Waals surface area contributed by atoms with Gasteiger partial charge in [-0.1, -0.05) is 111 Å². The molecule has 0 saturated heterocycles. The van der Waals surface area contributed by atoms with E-state index in [0.29, 0.717) is 11.5 Å². The average Bonchev–Trinajstić information content (AvgIpc) is 2.96. The van der Waals surface area contributed by atoms with Gasteiger partial charge in [0.25, 0.3) is 0 Å². The second-order valence-corrected chi connectivity index (χ2v) is 16.2. The van der Waals surface area contributed by atoms with Crippen molar-refractivity contribution in [1.82, 2.24) is 0 Å². The van der Waals surface area contributed by atoms with Crippen LogP contribution < -0.4 is 0 Å². The number of benzene rings is 2. The summed E-state index contributed by atoms with van der Waals surface area (Å²) in [5.41, 5.74) is 5.78. The number of aromatic hydroxyl groups is 2. The summed E-state index contributed by atoms with van der Waals surface area (Å²) in [6, 6.07) is 8.72. The van der Waals surface area contributed by atoms with E-state index in [2.05, 4.69) is 97.7 Å². The van der Waals surface area contributed by atoms with Crippen LogP contribution in [0.5, 0.6) is 11.5 Å². The highest BCUT2D eigenvalue weighted by Crippen LogP contribution is 2.36. The van der Waals surface area contributed by atoms with Crippen LogP contribution in [0.15, 0.2) is 34.3 Å². The Balaban J connectivity index is 1.88. The zero-order chi connectivity index (χ0) is 32.3. The fraction of sp³-hybridized carbons (Fsp3) is 0.632. The molecule has 0 aromatic heterocycles. The normalized spacial score (nSPS) is 18.1. The van der Waals surface area contributed by atoms with Crippen LogP contribution in [0.25, 0.3) is 0 Å². The number of aryl methyl sites for hydroxylation is 2. The lowest BCUT2D eigenvalue weighted by Gasteiger charge is -2.26. The van der Waals surface area contributed by atoms with Gasteiger partial charge in [0, 0.05) is 45.3 Å². The third kappa shape index (κ3) is 11.0. The molecule has 1 aliphatic carbocycles. The third-order valence-electron chi connectivity index (χ3n) is 8.72. The zero-order valence-electron chi connectivity index (χ0n) is 28.1. The second-order valence-electron chi connectivity index (χ2n) is 14.6. The molecule has 2 aromatic rings. The quantitative estimate of drug-likeness (QED) is 0.115. The van der Waals surface area contributed by atoms with Gasteiger partial charge < -0.3 is 10.2 Å². The summed E-state index contributed by atoms with van der Waals surface area (Å²) in [6.45, 7) is 12.9. The maximum atomic E-state index is 11.3. The monoisotopic (exact) mass is 730 g/mol. The Kier molecular flexibility index (Phi) is 14.5. The minimum Gasteiger partial charge on any atom is -0.507 e. The van der Waals surface area contributed by atoms with Crippen molar-refractivity contribution in [2.45, 2.75) is 142 Å². The number of rotatable bonds is 14. The first-order valence-electron chi connectivity index (χ1n) is 16.8. The molecular weight excluding hydrogens is 676 g/mol. The van der Waals surface area contributed by atoms with Gasteiger partial charge in [-0.05, 0) is 85.5 Å². The largest absolute Gasteiger partial charge is 0.507 e. The topological polar surface area (TPSA) is 65.2 Å². The molecule has 2 N–H and O–H groups in total. The molecule has 3 rings (SSSR count). The minimum atomic E-state index is -0.160. The van der Waals surface area contributed by atoms with Gasteiger partial charge in [-0.3, -0.25) is 9.98 Å². The van der Waals surface area contributed by atoms with Crippen molar-refractivity contribution in [2.24, 2.45) is 9.98 Å². The van der Waals surface area contributed by atoms with Crippen LogP contribution >= 0.6 is 31.9 Å². The van der Waals surface area contributed by atoms with Crippen molar-refractivity contribution >= 4 is 44.3 Å². The van der Waals surface area contributed by atoms with Crippen LogP contribution in [0.1, 0.15) is 139 Å². The first-order chi connectivity index (χ1) is 20.8. The molecule has 44 heavy (non-hydrogen) atoms. The predicted molar refractivity (Wildman–Crippen MR) is 198 cm³/mol. The van der Waals surface area contributed by atoms with Crippen LogP contribution in [0.4, 0.5) is 0 Å². The van der Waals surface area contributed by atoms with E-state index in [1.54, 1.807) is 0 Å². The van der Waals surface area contributed by atoms with Gasteiger partial charge in [0.15, 0.2) is 0 Å². The number of hydrogen-bond acceptors (Lipinski definition) is 4. The van der Waals surface area contributed by atoms with Crippen molar-refractivity contribution in [1.29, 1.82) is 0 Å². The van der Waals surface area contributed by atoms with Crippen LogP contribution in [0.3, 0.4) is 0 Å². The molecule has 2 atom stereocenters. The van der Waals surface area contributed by atoms with Gasteiger partial charge in [-0.15, -0.1) is 0 Å². The van der Waals surface area contributed by atoms with E-state index >= 15 is 0 Å². The molecule has 6 heteroatoms. The van der Waals surface area contributed by atoms with Crippen molar-refractivity contribution in [2.75, 3.05) is 10.7 Å². The lowest BCUT2D eigenvalue weighted by Crippen LogP contribution is -2.27. The van der Waals surface area contributed by atoms with Gasteiger partial charge in [0.05, 0.1) is 12.1 Å². The van der Waals surface area contributed by atoms with Crippen LogP contribution in [0, 0.1) is 0 Å². The molecule has 4 nitrogen and oxygen atoms in total. The first-order valence-corrected chi connectivity index (χ1v) is 19.0. The average molecular weight is 733 g/mol. The summed E-state index contributed by atoms with van der Waals surface area (Å²) in [6.07, 6.45) is 17.0. The number of phenols is 2. The Labute approximate surface area is 284 Å². The fourth-order valence-corrected chi connectivity index (χ4v) is 6.85. The van der Waals surface area contributed by atoms with E-state index in [9.17, 15) is 10.2 Å². The van der Waals surface area contributed by atoms with E-state index < -0.39 is 0 Å². The summed E-state index contributed by atoms with van der Waals surface area (Å²) in [7, 11) is 0. The highest BCUT2D eigenvalue weighted by atomic mass is 79.9. The molecule has 0 radical (unpaired) electrons. The number of phenolic OH excluding ortho intramolecular Hbond substituents is 2. The summed E-state index contributed by atoms with van der Waals surface area (Å²) in [5, 5.41) is 24.7. The fourth-order valence-electron chi connectivity index (χ4n) is 6.06. The molecule has 0 aliphatic heterocycles. The van der Waals surface area contributed by atoms with Crippen molar-refractivity contribution in [3.8, 4) is 11.5 Å². The third-order valence-corrected chi connectivity index (χ3v) is 9.84. The molecule has 1 saturated carbocycles. The van der Waals surface area contributed by atoms with Gasteiger partial charge in [0.2, 0.25) is 0 Å². The number of hydrogen-bond donors (Lipinski definition) is 2. The molecule has 2 unspecified atom stereocenters. The van der Waals surface area contributed by atoms with E-state index in [1.807, 2.05) is 12.4 Å². The number of aliphatic imine (C=N–C) groups is 2. The lowest BCUT2D eigenvalue weighted by molar-refractivity contribution is 0.390. The molecule has 0 amide bonds. The standard InChI is InChI=1S/C38H56Br2N2O2/c1-37(2,3)31-23-27(15-9-7-13-19-39)21-29(35(31)43)25-41-33-17-11-12-18-34(33)42-26-30-22-28(16-10-8-14-20-40)24-32(36(30)44)38(4,5)6/h21-26,33-34,43-44H,7-20H2,1-6H3. The van der Waals surface area contributed by atoms with Crippen molar-refractivity contribution in [3.63, 3.8) is 0 Å². The highest BCUT2D eigenvalue weighted by Gasteiger charge is 2.26. The van der Waals surface area contributed by atoms with Gasteiger partial charge in [-0.2, -0.15) is 0 Å². The molecule has 1 fully saturated rings. The number of halogens is 2. The molecule has 0 bridgehead atoms. The number of unbranched alkanes of at least 4 members (excludes halogenated alkanes) is 4. The predicted octanol–water partition coefficient (Wildman–Crippen LogP) is 10.8. The van der Waals surface area contributed by atoms with E-state index in [4.69, 9.17) is 9.98 Å². The van der Waals surface area contributed by atoms with Gasteiger partial charge in [0.1, 0.15) is 11.5 Å². The maximum absolute atomic E-state index is 11.3. The second kappa shape index (κ2) is 17.3. The van der Waals surface area contributed by atoms with Gasteiger partial charge in [-0.25, -0.2) is 0 Å². The SMILES string of the molecule is CC(C)(C)c1cc(CCCCCBr)cc(C=NC2CCCCC2N=Cc2cc(CCCCCBr)cc(C(C)(C)C)c2O)c1O. The molecule has 1 aliphatic rings. The Morgan fingerprint density at radius 3 is 1.36 bits per heavy atom. The lowest BCUT2D eigenvalue weighted by atomic mass is 9.83. The molecule has 244 valence electrons. The Morgan fingerprint density at radius 2 is 1.02 bits per heavy atom. The molecule has 0 heterocycles. The molecule has 0 spiro atoms. The van der Waals surface area contributed by atoms with E-state index in [1.165, 1.54) is 36.8 Å². The summed E-state index contributed by atoms with van der Waals surface area (Å²) >= 11 is 7.08. The van der Waals surface area contributed by atoms with Crippen LogP contribution in [0.2, 0.25) is 0 Å². The Morgan fingerprint density at radius 1 is 0.636 bits per heavy atom. The zero-order valence-corrected chi connectivity index (χ0v) is 31.2. The Hall–Kier alpha value is -1.66. The summed E-state index contributed by atoms with van der Waals surface area (Å²) in [5.74, 6) is 0.683. The maximum Gasteiger partial charge on any atom is 0.128 e.